The molecule has 1 saturated heterocycles. The fourth-order valence-electron chi connectivity index (χ4n) is 3.31. The maximum absolute atomic E-state index is 5.70. The molecule has 0 aliphatic carbocycles. The summed E-state index contributed by atoms with van der Waals surface area (Å²) in [6.45, 7) is 9.58. The zero-order valence-electron chi connectivity index (χ0n) is 14.3. The van der Waals surface area contributed by atoms with Crippen LogP contribution < -0.4 is 15.5 Å². The number of nitrogens with zero attached hydrogens (tertiary/aromatic N) is 3. The quantitative estimate of drug-likeness (QED) is 0.866. The highest BCUT2D eigenvalue weighted by Crippen LogP contribution is 2.32. The highest BCUT2D eigenvalue weighted by atomic mass is 35.5. The van der Waals surface area contributed by atoms with E-state index >= 15 is 0 Å². The molecule has 22 heavy (non-hydrogen) atoms. The number of hydrogen-bond donors (Lipinski definition) is 2. The van der Waals surface area contributed by atoms with Crippen molar-refractivity contribution in [1.82, 2.24) is 20.8 Å². The van der Waals surface area contributed by atoms with Crippen LogP contribution in [0.25, 0.3) is 0 Å². The molecule has 1 aliphatic rings. The summed E-state index contributed by atoms with van der Waals surface area (Å²) in [4.78, 5) is 2.12. The Labute approximate surface area is 145 Å². The largest absolute Gasteiger partial charge is 0.407 e. The second-order valence-corrected chi connectivity index (χ2v) is 7.07. The summed E-state index contributed by atoms with van der Waals surface area (Å²) < 4.78 is 5.70. The van der Waals surface area contributed by atoms with Gasteiger partial charge in [0.1, 0.15) is 0 Å². The predicted octanol–water partition coefficient (Wildman–Crippen LogP) is 2.38. The van der Waals surface area contributed by atoms with Crippen molar-refractivity contribution in [2.75, 3.05) is 19.0 Å². The molecule has 0 aromatic carbocycles. The van der Waals surface area contributed by atoms with Gasteiger partial charge in [-0.1, -0.05) is 5.10 Å². The van der Waals surface area contributed by atoms with Gasteiger partial charge in [-0.25, -0.2) is 0 Å². The molecule has 6 nitrogen and oxygen atoms in total. The van der Waals surface area contributed by atoms with Gasteiger partial charge in [0.2, 0.25) is 5.89 Å². The van der Waals surface area contributed by atoms with Crippen LogP contribution >= 0.6 is 24.8 Å². The second kappa shape index (κ2) is 7.81. The Kier molecular flexibility index (Phi) is 7.62. The minimum atomic E-state index is 0. The molecule has 130 valence electrons. The minimum Gasteiger partial charge on any atom is -0.407 e. The molecule has 2 N–H and O–H groups in total. The molecule has 1 fully saturated rings. The van der Waals surface area contributed by atoms with Crippen molar-refractivity contribution in [1.29, 1.82) is 0 Å². The van der Waals surface area contributed by atoms with Crippen molar-refractivity contribution < 1.29 is 4.42 Å². The van der Waals surface area contributed by atoms with Gasteiger partial charge in [0, 0.05) is 24.2 Å². The lowest BCUT2D eigenvalue weighted by atomic mass is 9.79. The van der Waals surface area contributed by atoms with E-state index in [1.54, 1.807) is 0 Å². The standard InChI is InChI=1S/C14H27N5O.2ClH/c1-13(2)7-10(8-14(3,4)18-13)19(6)12-17-16-11(20-12)9-15-5;;/h10,15,18H,7-9H2,1-6H3;2*1H. The molecule has 0 atom stereocenters. The van der Waals surface area contributed by atoms with E-state index in [0.29, 0.717) is 24.5 Å². The van der Waals surface area contributed by atoms with Gasteiger partial charge >= 0.3 is 6.01 Å². The fraction of sp³-hybridized carbons (Fsp3) is 0.857. The van der Waals surface area contributed by atoms with Gasteiger partial charge in [-0.15, -0.1) is 29.9 Å². The van der Waals surface area contributed by atoms with E-state index in [1.165, 1.54) is 0 Å². The van der Waals surface area contributed by atoms with E-state index in [4.69, 9.17) is 4.42 Å². The molecule has 0 bridgehead atoms. The molecule has 2 heterocycles. The van der Waals surface area contributed by atoms with E-state index in [9.17, 15) is 0 Å². The van der Waals surface area contributed by atoms with Crippen molar-refractivity contribution in [3.05, 3.63) is 5.89 Å². The molecule has 0 amide bonds. The maximum atomic E-state index is 5.70. The van der Waals surface area contributed by atoms with Gasteiger partial charge in [0.05, 0.1) is 6.54 Å². The lowest BCUT2D eigenvalue weighted by Crippen LogP contribution is -2.62. The third kappa shape index (κ3) is 5.26. The molecule has 0 unspecified atom stereocenters. The summed E-state index contributed by atoms with van der Waals surface area (Å²) in [5.41, 5.74) is 0.211. The van der Waals surface area contributed by atoms with E-state index in [-0.39, 0.29) is 35.9 Å². The molecule has 0 saturated carbocycles. The fourth-order valence-corrected chi connectivity index (χ4v) is 3.31. The molecular weight excluding hydrogens is 325 g/mol. The normalized spacial score (nSPS) is 19.9. The van der Waals surface area contributed by atoms with Crippen LogP contribution in [0, 0.1) is 0 Å². The smallest absolute Gasteiger partial charge is 0.318 e. The Morgan fingerprint density at radius 1 is 1.18 bits per heavy atom. The number of rotatable bonds is 4. The molecular formula is C14H29Cl2N5O. The minimum absolute atomic E-state index is 0. The number of nitrogens with one attached hydrogen (secondary N) is 2. The lowest BCUT2D eigenvalue weighted by molar-refractivity contribution is 0.158. The molecule has 0 radical (unpaired) electrons. The average molecular weight is 354 g/mol. The number of aromatic nitrogens is 2. The zero-order chi connectivity index (χ0) is 15.0. The Balaban J connectivity index is 0.00000220. The maximum Gasteiger partial charge on any atom is 0.318 e. The lowest BCUT2D eigenvalue weighted by Gasteiger charge is -2.48. The molecule has 1 aliphatic heterocycles. The summed E-state index contributed by atoms with van der Waals surface area (Å²) in [6.07, 6.45) is 2.10. The van der Waals surface area contributed by atoms with E-state index in [2.05, 4.69) is 53.4 Å². The third-order valence-electron chi connectivity index (χ3n) is 3.80. The van der Waals surface area contributed by atoms with Gasteiger partial charge in [0.15, 0.2) is 0 Å². The summed E-state index contributed by atoms with van der Waals surface area (Å²) in [5, 5.41) is 14.9. The first-order valence-corrected chi connectivity index (χ1v) is 7.22. The first-order valence-electron chi connectivity index (χ1n) is 7.22. The first-order chi connectivity index (χ1) is 9.22. The van der Waals surface area contributed by atoms with Crippen LogP contribution in [0.15, 0.2) is 4.42 Å². The van der Waals surface area contributed by atoms with Crippen molar-refractivity contribution in [3.8, 4) is 0 Å². The summed E-state index contributed by atoms with van der Waals surface area (Å²) in [7, 11) is 3.91. The van der Waals surface area contributed by atoms with Crippen LogP contribution in [-0.2, 0) is 6.54 Å². The van der Waals surface area contributed by atoms with Crippen molar-refractivity contribution in [2.45, 2.75) is 64.2 Å². The van der Waals surface area contributed by atoms with Crippen LogP contribution in [-0.4, -0.2) is 41.4 Å². The van der Waals surface area contributed by atoms with Crippen LogP contribution in [0.5, 0.6) is 0 Å². The SMILES string of the molecule is CNCc1nnc(N(C)C2CC(C)(C)NC(C)(C)C2)o1.Cl.Cl. The molecule has 2 rings (SSSR count). The Bertz CT molecular complexity index is 448. The molecule has 1 aromatic rings. The predicted molar refractivity (Wildman–Crippen MR) is 94.3 cm³/mol. The topological polar surface area (TPSA) is 66.2 Å². The average Bonchev–Trinajstić information content (AvgIpc) is 2.73. The van der Waals surface area contributed by atoms with Gasteiger partial charge in [-0.2, -0.15) is 0 Å². The number of hydrogen-bond acceptors (Lipinski definition) is 6. The Morgan fingerprint density at radius 2 is 1.73 bits per heavy atom. The van der Waals surface area contributed by atoms with Crippen molar-refractivity contribution in [3.63, 3.8) is 0 Å². The highest BCUT2D eigenvalue weighted by molar-refractivity contribution is 5.85. The second-order valence-electron chi connectivity index (χ2n) is 7.07. The van der Waals surface area contributed by atoms with Crippen molar-refractivity contribution >= 4 is 30.8 Å². The highest BCUT2D eigenvalue weighted by Gasteiger charge is 2.40. The van der Waals surface area contributed by atoms with Gasteiger partial charge in [-0.3, -0.25) is 0 Å². The Hall–Kier alpha value is -0.560. The number of anilines is 1. The summed E-state index contributed by atoms with van der Waals surface area (Å²) in [5.74, 6) is 0.627. The van der Waals surface area contributed by atoms with Crippen LogP contribution in [0.1, 0.15) is 46.4 Å². The summed E-state index contributed by atoms with van der Waals surface area (Å²) in [6, 6.07) is 0.998. The van der Waals surface area contributed by atoms with E-state index < -0.39 is 0 Å². The third-order valence-corrected chi connectivity index (χ3v) is 3.80. The van der Waals surface area contributed by atoms with Crippen LogP contribution in [0.3, 0.4) is 0 Å². The number of halogens is 2. The van der Waals surface area contributed by atoms with Crippen LogP contribution in [0.2, 0.25) is 0 Å². The van der Waals surface area contributed by atoms with Crippen LogP contribution in [0.4, 0.5) is 6.01 Å². The zero-order valence-corrected chi connectivity index (χ0v) is 15.9. The summed E-state index contributed by atoms with van der Waals surface area (Å²) >= 11 is 0. The van der Waals surface area contributed by atoms with E-state index in [0.717, 1.165) is 12.8 Å². The van der Waals surface area contributed by atoms with Gasteiger partial charge < -0.3 is 20.0 Å². The first kappa shape index (κ1) is 21.4. The monoisotopic (exact) mass is 353 g/mol. The number of piperidine rings is 1. The molecule has 0 spiro atoms. The molecule has 1 aromatic heterocycles. The van der Waals surface area contributed by atoms with Gasteiger partial charge in [-0.05, 0) is 47.6 Å². The van der Waals surface area contributed by atoms with Crippen molar-refractivity contribution in [2.24, 2.45) is 0 Å². The molecule has 8 heteroatoms. The van der Waals surface area contributed by atoms with Gasteiger partial charge in [0.25, 0.3) is 0 Å². The van der Waals surface area contributed by atoms with E-state index in [1.807, 2.05) is 14.1 Å². The Morgan fingerprint density at radius 3 is 2.23 bits per heavy atom.